The summed E-state index contributed by atoms with van der Waals surface area (Å²) in [5, 5.41) is 4.43. The summed E-state index contributed by atoms with van der Waals surface area (Å²) in [7, 11) is 3.37. The van der Waals surface area contributed by atoms with Crippen molar-refractivity contribution in [3.05, 3.63) is 23.8 Å². The van der Waals surface area contributed by atoms with Gasteiger partial charge in [-0.15, -0.1) is 0 Å². The topological polar surface area (TPSA) is 30.5 Å². The van der Waals surface area contributed by atoms with Crippen molar-refractivity contribution in [1.82, 2.24) is 5.32 Å². The first-order chi connectivity index (χ1) is 9.26. The van der Waals surface area contributed by atoms with Gasteiger partial charge in [0.1, 0.15) is 11.5 Å². The van der Waals surface area contributed by atoms with E-state index in [4.69, 9.17) is 9.47 Å². The van der Waals surface area contributed by atoms with Crippen LogP contribution in [-0.2, 0) is 6.54 Å². The van der Waals surface area contributed by atoms with E-state index in [1.807, 2.05) is 17.8 Å². The molecule has 0 bridgehead atoms. The molecule has 2 rings (SSSR count). The van der Waals surface area contributed by atoms with E-state index < -0.39 is 0 Å². The first kappa shape index (κ1) is 14.5. The fraction of sp³-hybridized carbons (Fsp3) is 0.600. The standard InChI is InChI=1S/C15H23NO2S/c1-17-12-7-11(8-13(9-12)18-2)10-16-14-5-4-6-15(14)19-3/h7-9,14-16H,4-6,10H2,1-3H3. The lowest BCUT2D eigenvalue weighted by Crippen LogP contribution is -2.33. The highest BCUT2D eigenvalue weighted by atomic mass is 32.2. The Balaban J connectivity index is 1.98. The van der Waals surface area contributed by atoms with E-state index >= 15 is 0 Å². The zero-order valence-electron chi connectivity index (χ0n) is 11.9. The predicted octanol–water partition coefficient (Wildman–Crippen LogP) is 3.08. The van der Waals surface area contributed by atoms with Crippen LogP contribution in [0, 0.1) is 0 Å². The monoisotopic (exact) mass is 281 g/mol. The molecule has 0 aliphatic heterocycles. The van der Waals surface area contributed by atoms with E-state index in [-0.39, 0.29) is 0 Å². The summed E-state index contributed by atoms with van der Waals surface area (Å²) in [5.41, 5.74) is 1.21. The third-order valence-corrected chi connectivity index (χ3v) is 4.90. The summed E-state index contributed by atoms with van der Waals surface area (Å²) >= 11 is 1.98. The van der Waals surface area contributed by atoms with Crippen LogP contribution in [0.1, 0.15) is 24.8 Å². The van der Waals surface area contributed by atoms with Crippen LogP contribution in [0.15, 0.2) is 18.2 Å². The summed E-state index contributed by atoms with van der Waals surface area (Å²) < 4.78 is 10.6. The third kappa shape index (κ3) is 3.80. The lowest BCUT2D eigenvalue weighted by molar-refractivity contribution is 0.392. The van der Waals surface area contributed by atoms with Crippen LogP contribution in [0.2, 0.25) is 0 Å². The number of methoxy groups -OCH3 is 2. The summed E-state index contributed by atoms with van der Waals surface area (Å²) in [6, 6.07) is 6.67. The SMILES string of the molecule is COc1cc(CNC2CCCC2SC)cc(OC)c1. The number of ether oxygens (including phenoxy) is 2. The van der Waals surface area contributed by atoms with Gasteiger partial charge in [-0.05, 0) is 36.8 Å². The molecule has 0 aromatic heterocycles. The highest BCUT2D eigenvalue weighted by Crippen LogP contribution is 2.29. The second-order valence-electron chi connectivity index (χ2n) is 4.91. The van der Waals surface area contributed by atoms with Gasteiger partial charge in [0.2, 0.25) is 0 Å². The Morgan fingerprint density at radius 3 is 2.42 bits per heavy atom. The molecule has 2 atom stereocenters. The number of nitrogens with one attached hydrogen (secondary N) is 1. The predicted molar refractivity (Wildman–Crippen MR) is 81.3 cm³/mol. The van der Waals surface area contributed by atoms with Crippen LogP contribution in [0.3, 0.4) is 0 Å². The molecule has 4 heteroatoms. The van der Waals surface area contributed by atoms with Crippen LogP contribution in [0.4, 0.5) is 0 Å². The number of thioether (sulfide) groups is 1. The van der Waals surface area contributed by atoms with Crippen molar-refractivity contribution in [3.63, 3.8) is 0 Å². The van der Waals surface area contributed by atoms with Crippen molar-refractivity contribution in [3.8, 4) is 11.5 Å². The molecule has 1 aromatic carbocycles. The number of benzene rings is 1. The van der Waals surface area contributed by atoms with Gasteiger partial charge in [0.25, 0.3) is 0 Å². The zero-order valence-corrected chi connectivity index (χ0v) is 12.8. The molecule has 19 heavy (non-hydrogen) atoms. The molecule has 0 spiro atoms. The smallest absolute Gasteiger partial charge is 0.122 e. The first-order valence-electron chi connectivity index (χ1n) is 6.75. The molecule has 0 saturated heterocycles. The second-order valence-corrected chi connectivity index (χ2v) is 5.99. The van der Waals surface area contributed by atoms with E-state index in [1.165, 1.54) is 24.8 Å². The third-order valence-electron chi connectivity index (χ3n) is 3.73. The normalized spacial score (nSPS) is 22.5. The van der Waals surface area contributed by atoms with Crippen molar-refractivity contribution < 1.29 is 9.47 Å². The highest BCUT2D eigenvalue weighted by Gasteiger charge is 2.25. The fourth-order valence-corrected chi connectivity index (χ4v) is 3.62. The van der Waals surface area contributed by atoms with Gasteiger partial charge < -0.3 is 14.8 Å². The second kappa shape index (κ2) is 7.06. The van der Waals surface area contributed by atoms with Gasteiger partial charge in [-0.1, -0.05) is 6.42 Å². The Kier molecular flexibility index (Phi) is 5.40. The number of hydrogen-bond acceptors (Lipinski definition) is 4. The zero-order chi connectivity index (χ0) is 13.7. The van der Waals surface area contributed by atoms with Crippen molar-refractivity contribution in [2.45, 2.75) is 37.1 Å². The molecular formula is C15H23NO2S. The Labute approximate surface area is 120 Å². The minimum absolute atomic E-state index is 0.632. The van der Waals surface area contributed by atoms with Gasteiger partial charge in [0.05, 0.1) is 14.2 Å². The molecule has 2 unspecified atom stereocenters. The van der Waals surface area contributed by atoms with E-state index in [1.54, 1.807) is 14.2 Å². The van der Waals surface area contributed by atoms with Gasteiger partial charge in [0.15, 0.2) is 0 Å². The van der Waals surface area contributed by atoms with E-state index in [0.29, 0.717) is 6.04 Å². The number of hydrogen-bond donors (Lipinski definition) is 1. The maximum Gasteiger partial charge on any atom is 0.122 e. The molecule has 1 saturated carbocycles. The quantitative estimate of drug-likeness (QED) is 0.868. The van der Waals surface area contributed by atoms with Crippen molar-refractivity contribution in [2.75, 3.05) is 20.5 Å². The summed E-state index contributed by atoms with van der Waals surface area (Å²) in [6.45, 7) is 0.870. The molecule has 1 fully saturated rings. The largest absolute Gasteiger partial charge is 0.497 e. The summed E-state index contributed by atoms with van der Waals surface area (Å²) in [5.74, 6) is 1.70. The fourth-order valence-electron chi connectivity index (χ4n) is 2.66. The molecule has 0 amide bonds. The number of rotatable bonds is 6. The molecule has 1 N–H and O–H groups in total. The van der Waals surface area contributed by atoms with Crippen molar-refractivity contribution in [1.29, 1.82) is 0 Å². The minimum Gasteiger partial charge on any atom is -0.497 e. The average Bonchev–Trinajstić information content (AvgIpc) is 2.92. The molecular weight excluding hydrogens is 258 g/mol. The molecule has 3 nitrogen and oxygen atoms in total. The van der Waals surface area contributed by atoms with Crippen LogP contribution >= 0.6 is 11.8 Å². The molecule has 1 aliphatic rings. The van der Waals surface area contributed by atoms with E-state index in [0.717, 1.165) is 23.3 Å². The van der Waals surface area contributed by atoms with Crippen LogP contribution in [-0.4, -0.2) is 31.8 Å². The minimum atomic E-state index is 0.632. The van der Waals surface area contributed by atoms with Gasteiger partial charge in [0, 0.05) is 23.9 Å². The van der Waals surface area contributed by atoms with Gasteiger partial charge >= 0.3 is 0 Å². The Morgan fingerprint density at radius 1 is 1.16 bits per heavy atom. The van der Waals surface area contributed by atoms with Crippen molar-refractivity contribution in [2.24, 2.45) is 0 Å². The Morgan fingerprint density at radius 2 is 1.84 bits per heavy atom. The maximum absolute atomic E-state index is 5.30. The molecule has 1 aromatic rings. The van der Waals surface area contributed by atoms with Gasteiger partial charge in [-0.2, -0.15) is 11.8 Å². The summed E-state index contributed by atoms with van der Waals surface area (Å²) in [6.07, 6.45) is 6.16. The molecule has 1 aliphatic carbocycles. The molecule has 0 heterocycles. The van der Waals surface area contributed by atoms with Crippen molar-refractivity contribution >= 4 is 11.8 Å². The summed E-state index contributed by atoms with van der Waals surface area (Å²) in [4.78, 5) is 0. The molecule has 0 radical (unpaired) electrons. The van der Waals surface area contributed by atoms with Crippen LogP contribution in [0.5, 0.6) is 11.5 Å². The Bertz CT molecular complexity index is 389. The lowest BCUT2D eigenvalue weighted by atomic mass is 10.1. The highest BCUT2D eigenvalue weighted by molar-refractivity contribution is 7.99. The Hall–Kier alpha value is -0.870. The van der Waals surface area contributed by atoms with Crippen LogP contribution in [0.25, 0.3) is 0 Å². The maximum atomic E-state index is 5.30. The lowest BCUT2D eigenvalue weighted by Gasteiger charge is -2.19. The molecule has 106 valence electrons. The first-order valence-corrected chi connectivity index (χ1v) is 8.03. The van der Waals surface area contributed by atoms with Crippen LogP contribution < -0.4 is 14.8 Å². The average molecular weight is 281 g/mol. The van der Waals surface area contributed by atoms with E-state index in [2.05, 4.69) is 23.7 Å². The van der Waals surface area contributed by atoms with Gasteiger partial charge in [-0.25, -0.2) is 0 Å². The van der Waals surface area contributed by atoms with E-state index in [9.17, 15) is 0 Å². The van der Waals surface area contributed by atoms with Gasteiger partial charge in [-0.3, -0.25) is 0 Å².